The van der Waals surface area contributed by atoms with Crippen LogP contribution in [0.1, 0.15) is 45.2 Å². The Balaban J connectivity index is 2.25. The molecule has 0 bridgehead atoms. The lowest BCUT2D eigenvalue weighted by atomic mass is 9.87. The molecular formula is C16H25FN2. The summed E-state index contributed by atoms with van der Waals surface area (Å²) in [5, 5.41) is 3.57. The van der Waals surface area contributed by atoms with Crippen LogP contribution in [0.3, 0.4) is 0 Å². The number of likely N-dealkylation sites (N-methyl/N-ethyl adjacent to an activating group) is 1. The molecule has 1 aromatic carbocycles. The van der Waals surface area contributed by atoms with Crippen LogP contribution in [0.25, 0.3) is 0 Å². The smallest absolute Gasteiger partial charge is 0.123 e. The molecule has 1 unspecified atom stereocenters. The molecule has 1 aromatic rings. The third-order valence-electron chi connectivity index (χ3n) is 4.24. The summed E-state index contributed by atoms with van der Waals surface area (Å²) in [5.74, 6) is -0.169. The van der Waals surface area contributed by atoms with Crippen molar-refractivity contribution < 1.29 is 4.39 Å². The van der Waals surface area contributed by atoms with E-state index in [1.54, 1.807) is 12.1 Å². The number of hydrogen-bond donors (Lipinski definition) is 1. The monoisotopic (exact) mass is 264 g/mol. The van der Waals surface area contributed by atoms with Crippen molar-refractivity contribution in [2.24, 2.45) is 0 Å². The highest BCUT2D eigenvalue weighted by Gasteiger charge is 2.37. The molecule has 2 nitrogen and oxygen atoms in total. The SMILES string of the molecule is CCNC(c1ccc(F)cc1)C(C)(C)N1CCCC1. The molecular weight excluding hydrogens is 239 g/mol. The molecule has 2 rings (SSSR count). The molecule has 1 N–H and O–H groups in total. The molecule has 1 saturated heterocycles. The number of rotatable bonds is 5. The average Bonchev–Trinajstić information content (AvgIpc) is 2.92. The van der Waals surface area contributed by atoms with Gasteiger partial charge in [-0.15, -0.1) is 0 Å². The summed E-state index contributed by atoms with van der Waals surface area (Å²) in [6, 6.07) is 7.15. The van der Waals surface area contributed by atoms with Crippen molar-refractivity contribution in [1.82, 2.24) is 10.2 Å². The molecule has 0 spiro atoms. The van der Waals surface area contributed by atoms with Crippen LogP contribution < -0.4 is 5.32 Å². The third kappa shape index (κ3) is 3.15. The van der Waals surface area contributed by atoms with Crippen molar-refractivity contribution in [2.75, 3.05) is 19.6 Å². The van der Waals surface area contributed by atoms with Crippen LogP contribution in [0.2, 0.25) is 0 Å². The molecule has 3 heteroatoms. The van der Waals surface area contributed by atoms with Crippen LogP contribution >= 0.6 is 0 Å². The number of nitrogens with zero attached hydrogens (tertiary/aromatic N) is 1. The van der Waals surface area contributed by atoms with E-state index in [9.17, 15) is 4.39 Å². The highest BCUT2D eigenvalue weighted by molar-refractivity contribution is 5.23. The molecule has 1 aliphatic heterocycles. The number of hydrogen-bond acceptors (Lipinski definition) is 2. The quantitative estimate of drug-likeness (QED) is 0.877. The fourth-order valence-electron chi connectivity index (χ4n) is 3.11. The second-order valence-corrected chi connectivity index (χ2v) is 5.89. The minimum Gasteiger partial charge on any atom is -0.309 e. The Labute approximate surface area is 116 Å². The van der Waals surface area contributed by atoms with Crippen LogP contribution in [0, 0.1) is 5.82 Å². The van der Waals surface area contributed by atoms with E-state index >= 15 is 0 Å². The van der Waals surface area contributed by atoms with Crippen LogP contribution in [0.15, 0.2) is 24.3 Å². The third-order valence-corrected chi connectivity index (χ3v) is 4.24. The molecule has 1 aliphatic rings. The van der Waals surface area contributed by atoms with Gasteiger partial charge in [0, 0.05) is 5.54 Å². The summed E-state index contributed by atoms with van der Waals surface area (Å²) in [6.07, 6.45) is 2.57. The van der Waals surface area contributed by atoms with E-state index in [0.29, 0.717) is 0 Å². The maximum absolute atomic E-state index is 13.1. The molecule has 1 atom stereocenters. The van der Waals surface area contributed by atoms with Gasteiger partial charge in [0.25, 0.3) is 0 Å². The minimum absolute atomic E-state index is 0.0460. The molecule has 0 amide bonds. The summed E-state index contributed by atoms with van der Waals surface area (Å²) < 4.78 is 13.1. The Morgan fingerprint density at radius 3 is 2.32 bits per heavy atom. The number of likely N-dealkylation sites (tertiary alicyclic amines) is 1. The lowest BCUT2D eigenvalue weighted by Crippen LogP contribution is -2.51. The zero-order valence-corrected chi connectivity index (χ0v) is 12.2. The van der Waals surface area contributed by atoms with Crippen molar-refractivity contribution in [3.05, 3.63) is 35.6 Å². The van der Waals surface area contributed by atoms with Gasteiger partial charge in [0.1, 0.15) is 5.82 Å². The first-order valence-electron chi connectivity index (χ1n) is 7.29. The zero-order valence-electron chi connectivity index (χ0n) is 12.2. The lowest BCUT2D eigenvalue weighted by molar-refractivity contribution is 0.107. The van der Waals surface area contributed by atoms with Gasteiger partial charge in [0.15, 0.2) is 0 Å². The van der Waals surface area contributed by atoms with Gasteiger partial charge in [0.2, 0.25) is 0 Å². The van der Waals surface area contributed by atoms with Gasteiger partial charge >= 0.3 is 0 Å². The molecule has 19 heavy (non-hydrogen) atoms. The fourth-order valence-corrected chi connectivity index (χ4v) is 3.11. The summed E-state index contributed by atoms with van der Waals surface area (Å²) in [5.41, 5.74) is 1.21. The normalized spacial score (nSPS) is 18.7. The highest BCUT2D eigenvalue weighted by Crippen LogP contribution is 2.33. The maximum atomic E-state index is 13.1. The summed E-state index contributed by atoms with van der Waals surface area (Å²) in [6.45, 7) is 9.94. The fraction of sp³-hybridized carbons (Fsp3) is 0.625. The van der Waals surface area contributed by atoms with E-state index in [4.69, 9.17) is 0 Å². The molecule has 0 saturated carbocycles. The van der Waals surface area contributed by atoms with Gasteiger partial charge in [-0.05, 0) is 64.0 Å². The largest absolute Gasteiger partial charge is 0.309 e. The predicted octanol–water partition coefficient (Wildman–Crippen LogP) is 3.35. The van der Waals surface area contributed by atoms with E-state index in [1.165, 1.54) is 18.4 Å². The first-order valence-corrected chi connectivity index (χ1v) is 7.29. The predicted molar refractivity (Wildman–Crippen MR) is 77.7 cm³/mol. The Hall–Kier alpha value is -0.930. The molecule has 1 fully saturated rings. The number of nitrogens with one attached hydrogen (secondary N) is 1. The molecule has 106 valence electrons. The summed E-state index contributed by atoms with van der Waals surface area (Å²) in [4.78, 5) is 2.55. The second-order valence-electron chi connectivity index (χ2n) is 5.89. The van der Waals surface area contributed by atoms with Gasteiger partial charge in [-0.1, -0.05) is 19.1 Å². The second kappa shape index (κ2) is 6.02. The van der Waals surface area contributed by atoms with Gasteiger partial charge < -0.3 is 5.32 Å². The van der Waals surface area contributed by atoms with Crippen LogP contribution in [0.5, 0.6) is 0 Å². The van der Waals surface area contributed by atoms with Crippen molar-refractivity contribution >= 4 is 0 Å². The Morgan fingerprint density at radius 2 is 1.79 bits per heavy atom. The summed E-state index contributed by atoms with van der Waals surface area (Å²) >= 11 is 0. The van der Waals surface area contributed by atoms with Crippen LogP contribution in [-0.2, 0) is 0 Å². The first-order chi connectivity index (χ1) is 9.05. The van der Waals surface area contributed by atoms with Gasteiger partial charge in [0.05, 0.1) is 6.04 Å². The highest BCUT2D eigenvalue weighted by atomic mass is 19.1. The van der Waals surface area contributed by atoms with E-state index in [-0.39, 0.29) is 17.4 Å². The van der Waals surface area contributed by atoms with Crippen molar-refractivity contribution in [3.8, 4) is 0 Å². The average molecular weight is 264 g/mol. The van der Waals surface area contributed by atoms with E-state index in [1.807, 2.05) is 12.1 Å². The van der Waals surface area contributed by atoms with Gasteiger partial charge in [-0.2, -0.15) is 0 Å². The van der Waals surface area contributed by atoms with E-state index in [2.05, 4.69) is 31.0 Å². The molecule has 0 aliphatic carbocycles. The van der Waals surface area contributed by atoms with Crippen molar-refractivity contribution in [2.45, 2.75) is 45.2 Å². The maximum Gasteiger partial charge on any atom is 0.123 e. The first kappa shape index (κ1) is 14.5. The minimum atomic E-state index is -0.169. The number of halogens is 1. The topological polar surface area (TPSA) is 15.3 Å². The van der Waals surface area contributed by atoms with Crippen molar-refractivity contribution in [3.63, 3.8) is 0 Å². The van der Waals surface area contributed by atoms with E-state index in [0.717, 1.165) is 19.6 Å². The lowest BCUT2D eigenvalue weighted by Gasteiger charge is -2.42. The van der Waals surface area contributed by atoms with Crippen LogP contribution in [0.4, 0.5) is 4.39 Å². The molecule has 1 heterocycles. The number of benzene rings is 1. The van der Waals surface area contributed by atoms with Crippen LogP contribution in [-0.4, -0.2) is 30.1 Å². The van der Waals surface area contributed by atoms with Gasteiger partial charge in [-0.25, -0.2) is 4.39 Å². The van der Waals surface area contributed by atoms with Gasteiger partial charge in [-0.3, -0.25) is 4.90 Å². The van der Waals surface area contributed by atoms with Crippen molar-refractivity contribution in [1.29, 1.82) is 0 Å². The standard InChI is InChI=1S/C16H25FN2/c1-4-18-15(13-7-9-14(17)10-8-13)16(2,3)19-11-5-6-12-19/h7-10,15,18H,4-6,11-12H2,1-3H3. The zero-order chi connectivity index (χ0) is 13.9. The Morgan fingerprint density at radius 1 is 1.21 bits per heavy atom. The Kier molecular flexibility index (Phi) is 4.58. The summed E-state index contributed by atoms with van der Waals surface area (Å²) in [7, 11) is 0. The molecule has 0 aromatic heterocycles. The molecule has 0 radical (unpaired) electrons. The Bertz CT molecular complexity index is 394. The van der Waals surface area contributed by atoms with E-state index < -0.39 is 0 Å².